The van der Waals surface area contributed by atoms with Crippen molar-refractivity contribution in [3.63, 3.8) is 0 Å². The van der Waals surface area contributed by atoms with E-state index in [9.17, 15) is 0 Å². The Morgan fingerprint density at radius 3 is 2.86 bits per heavy atom. The van der Waals surface area contributed by atoms with Crippen LogP contribution >= 0.6 is 0 Å². The van der Waals surface area contributed by atoms with E-state index in [1.807, 2.05) is 0 Å². The first-order chi connectivity index (χ1) is 6.90. The SMILES string of the molecule is C1CN(CC2C3CNC2C3)CC2CC12. The van der Waals surface area contributed by atoms with Crippen LogP contribution in [0.2, 0.25) is 0 Å². The van der Waals surface area contributed by atoms with E-state index in [0.29, 0.717) is 0 Å². The molecule has 2 heteroatoms. The molecule has 5 unspecified atom stereocenters. The first-order valence-electron chi connectivity index (χ1n) is 6.36. The van der Waals surface area contributed by atoms with Crippen LogP contribution in [0.3, 0.4) is 0 Å². The lowest BCUT2D eigenvalue weighted by atomic mass is 9.73. The number of rotatable bonds is 2. The Balaban J connectivity index is 1.36. The maximum absolute atomic E-state index is 3.63. The van der Waals surface area contributed by atoms with Crippen molar-refractivity contribution in [3.05, 3.63) is 0 Å². The molecule has 2 nitrogen and oxygen atoms in total. The third-order valence-corrected chi connectivity index (χ3v) is 5.17. The Bertz CT molecular complexity index is 239. The fourth-order valence-corrected chi connectivity index (χ4v) is 3.98. The van der Waals surface area contributed by atoms with Crippen LogP contribution in [0.1, 0.15) is 19.3 Å². The van der Waals surface area contributed by atoms with Crippen LogP contribution in [0.15, 0.2) is 0 Å². The molecule has 0 aromatic rings. The summed E-state index contributed by atoms with van der Waals surface area (Å²) < 4.78 is 0. The number of nitrogens with zero attached hydrogens (tertiary/aromatic N) is 1. The van der Waals surface area contributed by atoms with Crippen LogP contribution in [0.25, 0.3) is 0 Å². The minimum absolute atomic E-state index is 0.900. The van der Waals surface area contributed by atoms with Gasteiger partial charge in [-0.15, -0.1) is 0 Å². The summed E-state index contributed by atoms with van der Waals surface area (Å²) in [7, 11) is 0. The number of piperidine rings is 1. The van der Waals surface area contributed by atoms with Gasteiger partial charge in [-0.05, 0) is 56.0 Å². The summed E-state index contributed by atoms with van der Waals surface area (Å²) in [5, 5.41) is 3.63. The van der Waals surface area contributed by atoms with Gasteiger partial charge in [-0.1, -0.05) is 0 Å². The average molecular weight is 192 g/mol. The smallest absolute Gasteiger partial charge is 0.0114 e. The summed E-state index contributed by atoms with van der Waals surface area (Å²) in [5.74, 6) is 4.30. The first kappa shape index (κ1) is 8.12. The van der Waals surface area contributed by atoms with Crippen LogP contribution in [0, 0.1) is 23.7 Å². The zero-order valence-electron chi connectivity index (χ0n) is 8.78. The quantitative estimate of drug-likeness (QED) is 0.700. The van der Waals surface area contributed by atoms with Crippen molar-refractivity contribution in [1.29, 1.82) is 0 Å². The molecule has 2 saturated carbocycles. The highest BCUT2D eigenvalue weighted by molar-refractivity contribution is 5.04. The van der Waals surface area contributed by atoms with Gasteiger partial charge in [0.05, 0.1) is 0 Å². The molecule has 0 radical (unpaired) electrons. The molecule has 0 spiro atoms. The molecule has 0 aromatic carbocycles. The van der Waals surface area contributed by atoms with Crippen molar-refractivity contribution in [2.45, 2.75) is 25.3 Å². The van der Waals surface area contributed by atoms with Crippen LogP contribution in [0.5, 0.6) is 0 Å². The predicted molar refractivity (Wildman–Crippen MR) is 56.0 cm³/mol. The third-order valence-electron chi connectivity index (χ3n) is 5.17. The number of hydrogen-bond acceptors (Lipinski definition) is 2. The van der Waals surface area contributed by atoms with Crippen LogP contribution < -0.4 is 5.32 Å². The van der Waals surface area contributed by atoms with E-state index in [-0.39, 0.29) is 0 Å². The first-order valence-corrected chi connectivity index (χ1v) is 6.36. The largest absolute Gasteiger partial charge is 0.313 e. The van der Waals surface area contributed by atoms with E-state index in [2.05, 4.69) is 10.2 Å². The number of hydrogen-bond donors (Lipinski definition) is 1. The van der Waals surface area contributed by atoms with Gasteiger partial charge in [-0.2, -0.15) is 0 Å². The molecule has 3 aliphatic heterocycles. The van der Waals surface area contributed by atoms with Gasteiger partial charge in [0.2, 0.25) is 0 Å². The van der Waals surface area contributed by atoms with E-state index in [1.54, 1.807) is 6.42 Å². The van der Waals surface area contributed by atoms with Crippen LogP contribution in [0.4, 0.5) is 0 Å². The number of likely N-dealkylation sites (tertiary alicyclic amines) is 1. The average Bonchev–Trinajstić information content (AvgIpc) is 2.61. The standard InChI is InChI=1S/C12H20N2/c1-2-14(6-10-3-8(1)10)7-11-9-4-12(11)13-5-9/h8-13H,1-7H2. The highest BCUT2D eigenvalue weighted by Crippen LogP contribution is 2.46. The maximum Gasteiger partial charge on any atom is 0.0114 e. The number of nitrogens with one attached hydrogen (secondary N) is 1. The molecule has 3 heterocycles. The lowest BCUT2D eigenvalue weighted by molar-refractivity contribution is 0.114. The summed E-state index contributed by atoms with van der Waals surface area (Å²) in [6, 6.07) is 0.900. The Kier molecular flexibility index (Phi) is 1.58. The zero-order valence-corrected chi connectivity index (χ0v) is 8.78. The molecular weight excluding hydrogens is 172 g/mol. The summed E-state index contributed by atoms with van der Waals surface area (Å²) in [6.45, 7) is 5.55. The second-order valence-corrected chi connectivity index (χ2v) is 5.98. The lowest BCUT2D eigenvalue weighted by Gasteiger charge is -2.39. The molecule has 5 fully saturated rings. The highest BCUT2D eigenvalue weighted by Gasteiger charge is 2.48. The molecule has 5 rings (SSSR count). The Morgan fingerprint density at radius 1 is 1.14 bits per heavy atom. The third kappa shape index (κ3) is 1.10. The fraction of sp³-hybridized carbons (Fsp3) is 1.00. The Labute approximate surface area is 86.0 Å². The van der Waals surface area contributed by atoms with Gasteiger partial charge in [0.25, 0.3) is 0 Å². The molecule has 5 atom stereocenters. The highest BCUT2D eigenvalue weighted by atomic mass is 15.2. The van der Waals surface area contributed by atoms with Gasteiger partial charge in [-0.3, -0.25) is 0 Å². The minimum atomic E-state index is 0.900. The molecular formula is C12H20N2. The van der Waals surface area contributed by atoms with Crippen molar-refractivity contribution in [3.8, 4) is 0 Å². The zero-order chi connectivity index (χ0) is 9.12. The van der Waals surface area contributed by atoms with Crippen molar-refractivity contribution >= 4 is 0 Å². The van der Waals surface area contributed by atoms with Crippen molar-refractivity contribution < 1.29 is 0 Å². The lowest BCUT2D eigenvalue weighted by Crippen LogP contribution is -2.46. The monoisotopic (exact) mass is 192 g/mol. The molecule has 5 aliphatic rings. The molecule has 0 aromatic heterocycles. The maximum atomic E-state index is 3.63. The van der Waals surface area contributed by atoms with Gasteiger partial charge < -0.3 is 10.2 Å². The van der Waals surface area contributed by atoms with Crippen LogP contribution in [-0.2, 0) is 0 Å². The second kappa shape index (κ2) is 2.73. The van der Waals surface area contributed by atoms with Gasteiger partial charge in [0.1, 0.15) is 0 Å². The van der Waals surface area contributed by atoms with Crippen molar-refractivity contribution in [2.75, 3.05) is 26.2 Å². The van der Waals surface area contributed by atoms with Crippen molar-refractivity contribution in [1.82, 2.24) is 10.2 Å². The Hall–Kier alpha value is -0.0800. The topological polar surface area (TPSA) is 15.3 Å². The molecule has 2 aliphatic carbocycles. The predicted octanol–water partition coefficient (Wildman–Crippen LogP) is 0.936. The minimum Gasteiger partial charge on any atom is -0.313 e. The fourth-order valence-electron chi connectivity index (χ4n) is 3.98. The van der Waals surface area contributed by atoms with E-state index >= 15 is 0 Å². The molecule has 78 valence electrons. The van der Waals surface area contributed by atoms with Gasteiger partial charge in [0, 0.05) is 19.1 Å². The van der Waals surface area contributed by atoms with E-state index in [0.717, 1.165) is 29.7 Å². The van der Waals surface area contributed by atoms with E-state index < -0.39 is 0 Å². The van der Waals surface area contributed by atoms with Crippen molar-refractivity contribution in [2.24, 2.45) is 23.7 Å². The van der Waals surface area contributed by atoms with Gasteiger partial charge >= 0.3 is 0 Å². The molecule has 3 saturated heterocycles. The molecule has 14 heavy (non-hydrogen) atoms. The Morgan fingerprint density at radius 2 is 2.14 bits per heavy atom. The summed E-state index contributed by atoms with van der Waals surface area (Å²) >= 11 is 0. The summed E-state index contributed by atoms with van der Waals surface area (Å²) in [6.07, 6.45) is 4.52. The molecule has 1 N–H and O–H groups in total. The van der Waals surface area contributed by atoms with Gasteiger partial charge in [0.15, 0.2) is 0 Å². The number of fused-ring (bicyclic) bond motifs is 2. The molecule has 0 amide bonds. The normalized spacial score (nSPS) is 55.3. The van der Waals surface area contributed by atoms with E-state index in [1.165, 1.54) is 39.0 Å². The van der Waals surface area contributed by atoms with Gasteiger partial charge in [-0.25, -0.2) is 0 Å². The van der Waals surface area contributed by atoms with E-state index in [4.69, 9.17) is 0 Å². The van der Waals surface area contributed by atoms with Crippen LogP contribution in [-0.4, -0.2) is 37.1 Å². The second-order valence-electron chi connectivity index (χ2n) is 5.98. The summed E-state index contributed by atoms with van der Waals surface area (Å²) in [5.41, 5.74) is 0. The molecule has 2 bridgehead atoms. The summed E-state index contributed by atoms with van der Waals surface area (Å²) in [4.78, 5) is 2.75.